The summed E-state index contributed by atoms with van der Waals surface area (Å²) >= 11 is 0. The second-order valence-corrected chi connectivity index (χ2v) is 16.0. The van der Waals surface area contributed by atoms with Crippen LogP contribution in [0.4, 0.5) is 0 Å². The molecule has 0 radical (unpaired) electrons. The van der Waals surface area contributed by atoms with Gasteiger partial charge < -0.3 is 14.2 Å². The summed E-state index contributed by atoms with van der Waals surface area (Å²) in [6.45, 7) is 6.59. The number of carbonyl (C=O) groups is 3. The van der Waals surface area contributed by atoms with Crippen LogP contribution in [0.2, 0.25) is 0 Å². The molecule has 1 unspecified atom stereocenters. The zero-order valence-electron chi connectivity index (χ0n) is 36.7. The van der Waals surface area contributed by atoms with Gasteiger partial charge in [0.05, 0.1) is 0 Å². The molecule has 0 saturated carbocycles. The Bertz CT molecular complexity index is 896. The molecule has 0 saturated heterocycles. The predicted octanol–water partition coefficient (Wildman–Crippen LogP) is 15.2. The van der Waals surface area contributed by atoms with E-state index in [4.69, 9.17) is 14.2 Å². The molecule has 0 aliphatic rings. The summed E-state index contributed by atoms with van der Waals surface area (Å²) in [6, 6.07) is 0. The topological polar surface area (TPSA) is 78.9 Å². The molecule has 0 aromatic heterocycles. The van der Waals surface area contributed by atoms with Crippen LogP contribution in [0.3, 0.4) is 0 Å². The quantitative estimate of drug-likeness (QED) is 0.0266. The van der Waals surface area contributed by atoms with Crippen LogP contribution in [0.25, 0.3) is 0 Å². The lowest BCUT2D eigenvalue weighted by Gasteiger charge is -2.18. The molecular formula is C49H90O6. The van der Waals surface area contributed by atoms with E-state index in [1.165, 1.54) is 128 Å². The number of allylic oxidation sites excluding steroid dienone is 4. The van der Waals surface area contributed by atoms with Gasteiger partial charge in [0.15, 0.2) is 6.10 Å². The SMILES string of the molecule is CCCCCCCC/C=C\CCCCCC(=O)OCC(COC(=O)CCCCCCCCCCCCC)OC(=O)CCCCC/C=C\CCCCCCCC. The molecule has 55 heavy (non-hydrogen) atoms. The number of unbranched alkanes of at least 4 members (excludes halogenated alkanes) is 28. The highest BCUT2D eigenvalue weighted by atomic mass is 16.6. The molecule has 1 atom stereocenters. The van der Waals surface area contributed by atoms with E-state index in [-0.39, 0.29) is 31.1 Å². The zero-order chi connectivity index (χ0) is 40.1. The molecule has 0 amide bonds. The summed E-state index contributed by atoms with van der Waals surface area (Å²) in [4.78, 5) is 37.7. The van der Waals surface area contributed by atoms with E-state index in [2.05, 4.69) is 45.1 Å². The standard InChI is InChI=1S/C49H90O6/c1-4-7-10-13-16-19-22-24-27-30-33-36-39-42-48(51)54-45-46(44-53-47(50)41-38-35-32-29-26-21-18-15-12-9-6-3)55-49(52)43-40-37-34-31-28-25-23-20-17-14-11-8-5-2/h24-25,27-28,46H,4-23,26,29-45H2,1-3H3/b27-24-,28-25-. The Morgan fingerprint density at radius 2 is 0.600 bits per heavy atom. The van der Waals surface area contributed by atoms with Crippen molar-refractivity contribution in [1.82, 2.24) is 0 Å². The Morgan fingerprint density at radius 1 is 0.345 bits per heavy atom. The van der Waals surface area contributed by atoms with Crippen molar-refractivity contribution in [3.63, 3.8) is 0 Å². The fourth-order valence-corrected chi connectivity index (χ4v) is 6.78. The van der Waals surface area contributed by atoms with Gasteiger partial charge in [-0.1, -0.05) is 186 Å². The summed E-state index contributed by atoms with van der Waals surface area (Å²) < 4.78 is 16.7. The van der Waals surface area contributed by atoms with Crippen LogP contribution in [0, 0.1) is 0 Å². The van der Waals surface area contributed by atoms with Gasteiger partial charge in [-0.2, -0.15) is 0 Å². The van der Waals surface area contributed by atoms with Gasteiger partial charge in [0.25, 0.3) is 0 Å². The highest BCUT2D eigenvalue weighted by molar-refractivity contribution is 5.71. The van der Waals surface area contributed by atoms with Crippen molar-refractivity contribution in [2.24, 2.45) is 0 Å². The summed E-state index contributed by atoms with van der Waals surface area (Å²) in [5.74, 6) is -0.906. The number of ether oxygens (including phenoxy) is 3. The maximum Gasteiger partial charge on any atom is 0.306 e. The third-order valence-corrected chi connectivity index (χ3v) is 10.4. The first-order chi connectivity index (χ1) is 27.0. The molecule has 0 aliphatic heterocycles. The summed E-state index contributed by atoms with van der Waals surface area (Å²) in [5.41, 5.74) is 0. The van der Waals surface area contributed by atoms with Crippen LogP contribution in [-0.2, 0) is 28.6 Å². The Kier molecular flexibility index (Phi) is 42.9. The van der Waals surface area contributed by atoms with Crippen molar-refractivity contribution in [3.05, 3.63) is 24.3 Å². The molecule has 322 valence electrons. The minimum absolute atomic E-state index is 0.0790. The minimum atomic E-state index is -0.778. The molecule has 0 bridgehead atoms. The van der Waals surface area contributed by atoms with Crippen LogP contribution >= 0.6 is 0 Å². The Morgan fingerprint density at radius 3 is 0.927 bits per heavy atom. The number of hydrogen-bond acceptors (Lipinski definition) is 6. The summed E-state index contributed by atoms with van der Waals surface area (Å²) in [5, 5.41) is 0. The van der Waals surface area contributed by atoms with Crippen molar-refractivity contribution >= 4 is 17.9 Å². The van der Waals surface area contributed by atoms with Crippen molar-refractivity contribution in [3.8, 4) is 0 Å². The Hall–Kier alpha value is -2.11. The molecule has 6 heteroatoms. The molecule has 0 spiro atoms. The number of esters is 3. The summed E-state index contributed by atoms with van der Waals surface area (Å²) in [6.07, 6.45) is 48.7. The molecule has 0 aromatic rings. The number of rotatable bonds is 43. The lowest BCUT2D eigenvalue weighted by molar-refractivity contribution is -0.167. The van der Waals surface area contributed by atoms with Gasteiger partial charge in [-0.15, -0.1) is 0 Å². The molecule has 0 N–H and O–H groups in total. The smallest absolute Gasteiger partial charge is 0.306 e. The van der Waals surface area contributed by atoms with Gasteiger partial charge in [-0.25, -0.2) is 0 Å². The highest BCUT2D eigenvalue weighted by Gasteiger charge is 2.19. The fraction of sp³-hybridized carbons (Fsp3) is 0.857. The van der Waals surface area contributed by atoms with Gasteiger partial charge in [0.1, 0.15) is 13.2 Å². The van der Waals surface area contributed by atoms with Crippen LogP contribution in [-0.4, -0.2) is 37.2 Å². The average molecular weight is 775 g/mol. The second kappa shape index (κ2) is 44.6. The van der Waals surface area contributed by atoms with E-state index in [1.54, 1.807) is 0 Å². The Balaban J connectivity index is 4.40. The highest BCUT2D eigenvalue weighted by Crippen LogP contribution is 2.14. The lowest BCUT2D eigenvalue weighted by atomic mass is 10.1. The first kappa shape index (κ1) is 52.9. The average Bonchev–Trinajstić information content (AvgIpc) is 3.18. The van der Waals surface area contributed by atoms with E-state index in [1.807, 2.05) is 0 Å². The number of hydrogen-bond donors (Lipinski definition) is 0. The van der Waals surface area contributed by atoms with Crippen LogP contribution in [0.1, 0.15) is 252 Å². The van der Waals surface area contributed by atoms with E-state index in [0.717, 1.165) is 83.5 Å². The third-order valence-electron chi connectivity index (χ3n) is 10.4. The molecule has 0 fully saturated rings. The number of carbonyl (C=O) groups excluding carboxylic acids is 3. The van der Waals surface area contributed by atoms with Crippen LogP contribution < -0.4 is 0 Å². The predicted molar refractivity (Wildman–Crippen MR) is 233 cm³/mol. The van der Waals surface area contributed by atoms with Crippen LogP contribution in [0.5, 0.6) is 0 Å². The van der Waals surface area contributed by atoms with Gasteiger partial charge >= 0.3 is 17.9 Å². The van der Waals surface area contributed by atoms with Gasteiger partial charge in [0.2, 0.25) is 0 Å². The van der Waals surface area contributed by atoms with Crippen LogP contribution in [0.15, 0.2) is 24.3 Å². The van der Waals surface area contributed by atoms with E-state index < -0.39 is 6.10 Å². The normalized spacial score (nSPS) is 12.1. The van der Waals surface area contributed by atoms with Gasteiger partial charge in [-0.3, -0.25) is 14.4 Å². The van der Waals surface area contributed by atoms with Crippen molar-refractivity contribution in [2.75, 3.05) is 13.2 Å². The maximum absolute atomic E-state index is 12.7. The molecule has 0 aliphatic carbocycles. The molecule has 6 nitrogen and oxygen atoms in total. The van der Waals surface area contributed by atoms with Crippen molar-refractivity contribution in [1.29, 1.82) is 0 Å². The monoisotopic (exact) mass is 775 g/mol. The van der Waals surface area contributed by atoms with Gasteiger partial charge in [-0.05, 0) is 70.6 Å². The first-order valence-corrected chi connectivity index (χ1v) is 23.8. The molecular weight excluding hydrogens is 685 g/mol. The first-order valence-electron chi connectivity index (χ1n) is 23.8. The maximum atomic E-state index is 12.7. The second-order valence-electron chi connectivity index (χ2n) is 16.0. The van der Waals surface area contributed by atoms with E-state index >= 15 is 0 Å². The van der Waals surface area contributed by atoms with E-state index in [9.17, 15) is 14.4 Å². The molecule has 0 aromatic carbocycles. The summed E-state index contributed by atoms with van der Waals surface area (Å²) in [7, 11) is 0. The van der Waals surface area contributed by atoms with Crippen molar-refractivity contribution in [2.45, 2.75) is 258 Å². The minimum Gasteiger partial charge on any atom is -0.462 e. The Labute approximate surface area is 341 Å². The van der Waals surface area contributed by atoms with Crippen molar-refractivity contribution < 1.29 is 28.6 Å². The third kappa shape index (κ3) is 42.9. The van der Waals surface area contributed by atoms with Gasteiger partial charge in [0, 0.05) is 19.3 Å². The zero-order valence-corrected chi connectivity index (χ0v) is 36.7. The lowest BCUT2D eigenvalue weighted by Crippen LogP contribution is -2.30. The van der Waals surface area contributed by atoms with E-state index in [0.29, 0.717) is 19.3 Å². The molecule has 0 heterocycles. The largest absolute Gasteiger partial charge is 0.462 e. The fourth-order valence-electron chi connectivity index (χ4n) is 6.78. The molecule has 0 rings (SSSR count).